The molecule has 0 aromatic heterocycles. The van der Waals surface area contributed by atoms with E-state index in [1.54, 1.807) is 23.1 Å². The van der Waals surface area contributed by atoms with E-state index in [0.717, 1.165) is 11.1 Å². The van der Waals surface area contributed by atoms with Gasteiger partial charge in [-0.2, -0.15) is 0 Å². The molecule has 1 N–H and O–H groups in total. The molecule has 0 saturated carbocycles. The number of carbonyl (C=O) groups excluding carboxylic acids is 2. The molecule has 3 aromatic rings. The maximum atomic E-state index is 14.0. The Kier molecular flexibility index (Phi) is 11.9. The number of nitrogens with one attached hydrogen (secondary N) is 1. The van der Waals surface area contributed by atoms with E-state index in [9.17, 15) is 9.59 Å². The average molecular weight is 600 g/mol. The summed E-state index contributed by atoms with van der Waals surface area (Å²) in [4.78, 5) is 29.4. The zero-order chi connectivity index (χ0) is 30.0. The van der Waals surface area contributed by atoms with Gasteiger partial charge in [-0.05, 0) is 76.4 Å². The van der Waals surface area contributed by atoms with E-state index in [4.69, 9.17) is 32.7 Å². The second kappa shape index (κ2) is 15.1. The SMILES string of the molecule is CCOc1ccc(CCC(=O)N(Cc2c(Cl)cccc2Cl)[C@@H](Cc2ccccc2)C(=O)NC(C)(C)C)cc1OCC. The maximum absolute atomic E-state index is 14.0. The molecule has 3 aromatic carbocycles. The number of halogens is 2. The van der Waals surface area contributed by atoms with Gasteiger partial charge in [0.05, 0.1) is 13.2 Å². The molecule has 0 bridgehead atoms. The molecule has 0 saturated heterocycles. The van der Waals surface area contributed by atoms with Crippen LogP contribution in [-0.2, 0) is 29.0 Å². The molecule has 0 aliphatic heterocycles. The quantitative estimate of drug-likeness (QED) is 0.224. The van der Waals surface area contributed by atoms with Crippen LogP contribution in [0, 0.1) is 0 Å². The first-order valence-electron chi connectivity index (χ1n) is 14.0. The Hall–Kier alpha value is -3.22. The maximum Gasteiger partial charge on any atom is 0.243 e. The zero-order valence-electron chi connectivity index (χ0n) is 24.5. The largest absolute Gasteiger partial charge is 0.490 e. The summed E-state index contributed by atoms with van der Waals surface area (Å²) < 4.78 is 11.5. The van der Waals surface area contributed by atoms with Gasteiger partial charge in [0.1, 0.15) is 6.04 Å². The number of aryl methyl sites for hydroxylation is 1. The molecule has 6 nitrogen and oxygen atoms in total. The van der Waals surface area contributed by atoms with Gasteiger partial charge in [0.25, 0.3) is 0 Å². The van der Waals surface area contributed by atoms with Crippen molar-refractivity contribution in [2.24, 2.45) is 0 Å². The number of nitrogens with zero attached hydrogens (tertiary/aromatic N) is 1. The van der Waals surface area contributed by atoms with Gasteiger partial charge in [-0.1, -0.05) is 65.7 Å². The first-order chi connectivity index (χ1) is 19.5. The predicted molar refractivity (Wildman–Crippen MR) is 166 cm³/mol. The van der Waals surface area contributed by atoms with Crippen molar-refractivity contribution < 1.29 is 19.1 Å². The summed E-state index contributed by atoms with van der Waals surface area (Å²) in [5, 5.41) is 3.96. The number of ether oxygens (including phenoxy) is 2. The minimum atomic E-state index is -0.782. The number of rotatable bonds is 13. The van der Waals surface area contributed by atoms with Crippen LogP contribution < -0.4 is 14.8 Å². The third-order valence-electron chi connectivity index (χ3n) is 6.39. The molecule has 3 rings (SSSR count). The molecule has 8 heteroatoms. The number of benzene rings is 3. The van der Waals surface area contributed by atoms with Crippen LogP contribution in [0.4, 0.5) is 0 Å². The third kappa shape index (κ3) is 9.68. The van der Waals surface area contributed by atoms with Crippen LogP contribution in [0.15, 0.2) is 66.7 Å². The van der Waals surface area contributed by atoms with Gasteiger partial charge >= 0.3 is 0 Å². The molecule has 0 fully saturated rings. The number of amides is 2. The van der Waals surface area contributed by atoms with Crippen LogP contribution in [0.3, 0.4) is 0 Å². The highest BCUT2D eigenvalue weighted by Gasteiger charge is 2.33. The van der Waals surface area contributed by atoms with E-state index in [2.05, 4.69) is 5.32 Å². The third-order valence-corrected chi connectivity index (χ3v) is 7.10. The first-order valence-corrected chi connectivity index (χ1v) is 14.7. The first kappa shape index (κ1) is 32.3. The van der Waals surface area contributed by atoms with Crippen molar-refractivity contribution in [1.29, 1.82) is 0 Å². The molecular weight excluding hydrogens is 559 g/mol. The van der Waals surface area contributed by atoms with Crippen molar-refractivity contribution in [3.05, 3.63) is 93.5 Å². The number of hydrogen-bond donors (Lipinski definition) is 1. The summed E-state index contributed by atoms with van der Waals surface area (Å²) in [5.41, 5.74) is 1.99. The molecule has 2 amide bonds. The van der Waals surface area contributed by atoms with Gasteiger partial charge in [-0.3, -0.25) is 9.59 Å². The van der Waals surface area contributed by atoms with Crippen LogP contribution in [0.1, 0.15) is 57.7 Å². The molecule has 1 atom stereocenters. The zero-order valence-corrected chi connectivity index (χ0v) is 26.0. The van der Waals surface area contributed by atoms with E-state index in [1.807, 2.05) is 83.1 Å². The second-order valence-electron chi connectivity index (χ2n) is 10.8. The van der Waals surface area contributed by atoms with Crippen LogP contribution in [0.25, 0.3) is 0 Å². The van der Waals surface area contributed by atoms with Gasteiger partial charge in [0.2, 0.25) is 11.8 Å². The average Bonchev–Trinajstić information content (AvgIpc) is 2.92. The number of carbonyl (C=O) groups is 2. The van der Waals surface area contributed by atoms with Crippen LogP contribution in [-0.4, -0.2) is 41.5 Å². The minimum absolute atomic E-state index is 0.0971. The summed E-state index contributed by atoms with van der Waals surface area (Å²) in [6.45, 7) is 10.7. The van der Waals surface area contributed by atoms with E-state index in [1.165, 1.54) is 0 Å². The summed E-state index contributed by atoms with van der Waals surface area (Å²) in [7, 11) is 0. The van der Waals surface area contributed by atoms with Crippen molar-refractivity contribution >= 4 is 35.0 Å². The van der Waals surface area contributed by atoms with E-state index in [-0.39, 0.29) is 24.8 Å². The van der Waals surface area contributed by atoms with Gasteiger partial charge in [0, 0.05) is 40.5 Å². The Balaban J connectivity index is 1.96. The fourth-order valence-electron chi connectivity index (χ4n) is 4.51. The molecule has 220 valence electrons. The van der Waals surface area contributed by atoms with Crippen molar-refractivity contribution in [3.8, 4) is 11.5 Å². The Bertz CT molecular complexity index is 1290. The summed E-state index contributed by atoms with van der Waals surface area (Å²) in [6.07, 6.45) is 0.973. The number of hydrogen-bond acceptors (Lipinski definition) is 4. The Labute approximate surface area is 253 Å². The van der Waals surface area contributed by atoms with E-state index >= 15 is 0 Å². The summed E-state index contributed by atoms with van der Waals surface area (Å²) in [5.74, 6) is 0.891. The van der Waals surface area contributed by atoms with Crippen LogP contribution in [0.5, 0.6) is 11.5 Å². The van der Waals surface area contributed by atoms with Gasteiger partial charge in [0.15, 0.2) is 11.5 Å². The van der Waals surface area contributed by atoms with Gasteiger partial charge < -0.3 is 19.7 Å². The standard InChI is InChI=1S/C33H40Cl2N2O4/c1-6-40-29-18-16-24(21-30(29)41-7-2)17-19-31(38)37(22-25-26(34)14-11-15-27(25)35)28(32(39)36-33(3,4)5)20-23-12-9-8-10-13-23/h8-16,18,21,28H,6-7,17,19-20,22H2,1-5H3,(H,36,39)/t28-/m0/s1. The molecule has 41 heavy (non-hydrogen) atoms. The molecule has 0 unspecified atom stereocenters. The molecule has 0 heterocycles. The van der Waals surface area contributed by atoms with Crippen molar-refractivity contribution in [2.75, 3.05) is 13.2 Å². The minimum Gasteiger partial charge on any atom is -0.490 e. The lowest BCUT2D eigenvalue weighted by molar-refractivity contribution is -0.141. The second-order valence-corrected chi connectivity index (χ2v) is 11.6. The molecule has 0 radical (unpaired) electrons. The molecular formula is C33H40Cl2N2O4. The molecule has 0 aliphatic carbocycles. The lowest BCUT2D eigenvalue weighted by atomic mass is 9.99. The Morgan fingerprint density at radius 2 is 1.49 bits per heavy atom. The van der Waals surface area contributed by atoms with Crippen molar-refractivity contribution in [1.82, 2.24) is 10.2 Å². The molecule has 0 spiro atoms. The summed E-state index contributed by atoms with van der Waals surface area (Å²) in [6, 6.07) is 19.8. The molecule has 0 aliphatic rings. The highest BCUT2D eigenvalue weighted by molar-refractivity contribution is 6.36. The topological polar surface area (TPSA) is 67.9 Å². The highest BCUT2D eigenvalue weighted by Crippen LogP contribution is 2.30. The van der Waals surface area contributed by atoms with Crippen molar-refractivity contribution in [2.45, 2.75) is 72.0 Å². The van der Waals surface area contributed by atoms with E-state index in [0.29, 0.717) is 53.2 Å². The van der Waals surface area contributed by atoms with Crippen LogP contribution >= 0.6 is 23.2 Å². The highest BCUT2D eigenvalue weighted by atomic mass is 35.5. The summed E-state index contributed by atoms with van der Waals surface area (Å²) >= 11 is 13.1. The van der Waals surface area contributed by atoms with Crippen LogP contribution in [0.2, 0.25) is 10.0 Å². The Morgan fingerprint density at radius 1 is 0.854 bits per heavy atom. The smallest absolute Gasteiger partial charge is 0.243 e. The predicted octanol–water partition coefficient (Wildman–Crippen LogP) is 7.28. The van der Waals surface area contributed by atoms with E-state index < -0.39 is 11.6 Å². The fourth-order valence-corrected chi connectivity index (χ4v) is 5.02. The lowest BCUT2D eigenvalue weighted by Crippen LogP contribution is -2.54. The normalized spacial score (nSPS) is 12.0. The van der Waals surface area contributed by atoms with Gasteiger partial charge in [-0.15, -0.1) is 0 Å². The van der Waals surface area contributed by atoms with Gasteiger partial charge in [-0.25, -0.2) is 0 Å². The monoisotopic (exact) mass is 598 g/mol. The van der Waals surface area contributed by atoms with Crippen molar-refractivity contribution in [3.63, 3.8) is 0 Å². The Morgan fingerprint density at radius 3 is 2.10 bits per heavy atom. The fraction of sp³-hybridized carbons (Fsp3) is 0.394. The lowest BCUT2D eigenvalue weighted by Gasteiger charge is -2.34.